The first kappa shape index (κ1) is 21.0. The SMILES string of the molecule is CCN([C@H](C)c1ccccc1)[C@@H]1CCCC[C@H]1NS(=O)(=O)c1ccc(C)cc1. The number of hydrogen-bond acceptors (Lipinski definition) is 3. The predicted molar refractivity (Wildman–Crippen MR) is 115 cm³/mol. The molecule has 0 aliphatic heterocycles. The Bertz CT molecular complexity index is 850. The second-order valence-electron chi connectivity index (χ2n) is 7.81. The van der Waals surface area contributed by atoms with E-state index in [4.69, 9.17) is 0 Å². The molecule has 0 radical (unpaired) electrons. The summed E-state index contributed by atoms with van der Waals surface area (Å²) < 4.78 is 29.0. The highest BCUT2D eigenvalue weighted by molar-refractivity contribution is 7.89. The van der Waals surface area contributed by atoms with Gasteiger partial charge < -0.3 is 0 Å². The van der Waals surface area contributed by atoms with E-state index >= 15 is 0 Å². The number of nitrogens with one attached hydrogen (secondary N) is 1. The van der Waals surface area contributed by atoms with Gasteiger partial charge in [0, 0.05) is 18.1 Å². The van der Waals surface area contributed by atoms with E-state index < -0.39 is 10.0 Å². The van der Waals surface area contributed by atoms with Gasteiger partial charge >= 0.3 is 0 Å². The van der Waals surface area contributed by atoms with Crippen LogP contribution in [0.5, 0.6) is 0 Å². The first-order valence-corrected chi connectivity index (χ1v) is 11.8. The standard InChI is InChI=1S/C23H32N2O2S/c1-4-25(19(3)20-10-6-5-7-11-20)23-13-9-8-12-22(23)24-28(26,27)21-16-14-18(2)15-17-21/h5-7,10-11,14-17,19,22-24H,4,8-9,12-13H2,1-3H3/t19-,22-,23-/m1/s1. The molecule has 0 amide bonds. The first-order chi connectivity index (χ1) is 13.4. The lowest BCUT2D eigenvalue weighted by Crippen LogP contribution is -2.53. The molecule has 3 atom stereocenters. The van der Waals surface area contributed by atoms with E-state index in [9.17, 15) is 8.42 Å². The summed E-state index contributed by atoms with van der Waals surface area (Å²) in [6, 6.07) is 18.0. The van der Waals surface area contributed by atoms with Gasteiger partial charge in [0.15, 0.2) is 0 Å². The molecule has 1 aliphatic rings. The van der Waals surface area contributed by atoms with Crippen molar-refractivity contribution in [2.75, 3.05) is 6.54 Å². The molecule has 2 aromatic carbocycles. The van der Waals surface area contributed by atoms with Crippen LogP contribution in [0.2, 0.25) is 0 Å². The number of benzene rings is 2. The first-order valence-electron chi connectivity index (χ1n) is 10.3. The lowest BCUT2D eigenvalue weighted by atomic mass is 9.88. The maximum Gasteiger partial charge on any atom is 0.240 e. The Hall–Kier alpha value is -1.69. The van der Waals surface area contributed by atoms with Crippen LogP contribution in [0.15, 0.2) is 59.5 Å². The van der Waals surface area contributed by atoms with Crippen LogP contribution in [-0.4, -0.2) is 31.9 Å². The molecule has 0 saturated heterocycles. The topological polar surface area (TPSA) is 49.4 Å². The number of sulfonamides is 1. The average Bonchev–Trinajstić information content (AvgIpc) is 2.70. The Balaban J connectivity index is 1.82. The minimum absolute atomic E-state index is 0.0637. The number of likely N-dealkylation sites (N-methyl/N-ethyl adjacent to an activating group) is 1. The Morgan fingerprint density at radius 1 is 1.04 bits per heavy atom. The predicted octanol–water partition coefficient (Wildman–Crippen LogP) is 4.67. The fourth-order valence-corrected chi connectivity index (χ4v) is 5.65. The van der Waals surface area contributed by atoms with Crippen molar-refractivity contribution in [2.45, 2.75) is 69.5 Å². The van der Waals surface area contributed by atoms with Crippen LogP contribution in [0.4, 0.5) is 0 Å². The van der Waals surface area contributed by atoms with Crippen molar-refractivity contribution >= 4 is 10.0 Å². The van der Waals surface area contributed by atoms with Crippen molar-refractivity contribution in [1.82, 2.24) is 9.62 Å². The number of aryl methyl sites for hydroxylation is 1. The number of hydrogen-bond donors (Lipinski definition) is 1. The molecule has 0 heterocycles. The summed E-state index contributed by atoms with van der Waals surface area (Å²) in [7, 11) is -3.52. The van der Waals surface area contributed by atoms with Gasteiger partial charge in [-0.25, -0.2) is 13.1 Å². The smallest absolute Gasteiger partial charge is 0.240 e. The van der Waals surface area contributed by atoms with Crippen LogP contribution in [-0.2, 0) is 10.0 Å². The van der Waals surface area contributed by atoms with Gasteiger partial charge in [0.05, 0.1) is 4.90 Å². The molecule has 2 aromatic rings. The summed E-state index contributed by atoms with van der Waals surface area (Å²) in [4.78, 5) is 2.80. The normalized spacial score (nSPS) is 21.6. The van der Waals surface area contributed by atoms with E-state index in [1.807, 2.05) is 25.1 Å². The molecule has 28 heavy (non-hydrogen) atoms. The molecule has 1 fully saturated rings. The molecule has 0 unspecified atom stereocenters. The molecule has 0 bridgehead atoms. The third-order valence-electron chi connectivity index (χ3n) is 5.94. The second kappa shape index (κ2) is 9.21. The molecule has 152 valence electrons. The summed E-state index contributed by atoms with van der Waals surface area (Å²) in [5, 5.41) is 0. The van der Waals surface area contributed by atoms with Crippen LogP contribution in [0.1, 0.15) is 56.7 Å². The molecule has 5 heteroatoms. The van der Waals surface area contributed by atoms with Crippen LogP contribution < -0.4 is 4.72 Å². The summed E-state index contributed by atoms with van der Waals surface area (Å²) in [6.07, 6.45) is 4.11. The summed E-state index contributed by atoms with van der Waals surface area (Å²) >= 11 is 0. The van der Waals surface area contributed by atoms with Gasteiger partial charge in [0.2, 0.25) is 10.0 Å². The second-order valence-corrected chi connectivity index (χ2v) is 9.52. The van der Waals surface area contributed by atoms with Crippen LogP contribution in [0.25, 0.3) is 0 Å². The van der Waals surface area contributed by atoms with Crippen molar-refractivity contribution in [3.63, 3.8) is 0 Å². The Kier molecular flexibility index (Phi) is 6.91. The maximum atomic E-state index is 13.0. The van der Waals surface area contributed by atoms with E-state index in [1.54, 1.807) is 12.1 Å². The lowest BCUT2D eigenvalue weighted by molar-refractivity contribution is 0.0980. The molecule has 1 aliphatic carbocycles. The van der Waals surface area contributed by atoms with E-state index in [0.29, 0.717) is 4.90 Å². The van der Waals surface area contributed by atoms with Crippen molar-refractivity contribution in [2.24, 2.45) is 0 Å². The molecule has 0 spiro atoms. The van der Waals surface area contributed by atoms with Crippen molar-refractivity contribution in [1.29, 1.82) is 0 Å². The van der Waals surface area contributed by atoms with E-state index in [-0.39, 0.29) is 18.1 Å². The van der Waals surface area contributed by atoms with E-state index in [2.05, 4.69) is 47.7 Å². The zero-order valence-electron chi connectivity index (χ0n) is 17.1. The van der Waals surface area contributed by atoms with Crippen LogP contribution >= 0.6 is 0 Å². The summed E-state index contributed by atoms with van der Waals surface area (Å²) in [6.45, 7) is 7.24. The highest BCUT2D eigenvalue weighted by Gasteiger charge is 2.34. The van der Waals surface area contributed by atoms with Gasteiger partial charge in [-0.3, -0.25) is 4.90 Å². The van der Waals surface area contributed by atoms with E-state index in [0.717, 1.165) is 37.8 Å². The molecule has 0 aromatic heterocycles. The quantitative estimate of drug-likeness (QED) is 0.735. The fraction of sp³-hybridized carbons (Fsp3) is 0.478. The van der Waals surface area contributed by atoms with Crippen molar-refractivity contribution in [3.05, 3.63) is 65.7 Å². The molecular formula is C23H32N2O2S. The molecule has 1 saturated carbocycles. The summed E-state index contributed by atoms with van der Waals surface area (Å²) in [5.74, 6) is 0. The highest BCUT2D eigenvalue weighted by atomic mass is 32.2. The maximum absolute atomic E-state index is 13.0. The number of nitrogens with zero attached hydrogens (tertiary/aromatic N) is 1. The van der Waals surface area contributed by atoms with Gasteiger partial charge in [-0.1, -0.05) is 67.8 Å². The van der Waals surface area contributed by atoms with Crippen LogP contribution in [0, 0.1) is 6.92 Å². The molecule has 3 rings (SSSR count). The minimum Gasteiger partial charge on any atom is -0.292 e. The monoisotopic (exact) mass is 400 g/mol. The molecule has 1 N–H and O–H groups in total. The molecular weight excluding hydrogens is 368 g/mol. The van der Waals surface area contributed by atoms with Gasteiger partial charge in [0.1, 0.15) is 0 Å². The highest BCUT2D eigenvalue weighted by Crippen LogP contribution is 2.31. The van der Waals surface area contributed by atoms with Gasteiger partial charge in [0.25, 0.3) is 0 Å². The lowest BCUT2D eigenvalue weighted by Gasteiger charge is -2.43. The van der Waals surface area contributed by atoms with Crippen molar-refractivity contribution < 1.29 is 8.42 Å². The zero-order chi connectivity index (χ0) is 20.1. The Labute approximate surface area is 170 Å². The molecule has 4 nitrogen and oxygen atoms in total. The van der Waals surface area contributed by atoms with Crippen molar-refractivity contribution in [3.8, 4) is 0 Å². The largest absolute Gasteiger partial charge is 0.292 e. The minimum atomic E-state index is -3.52. The third kappa shape index (κ3) is 4.83. The third-order valence-corrected chi connectivity index (χ3v) is 7.44. The van der Waals surface area contributed by atoms with Gasteiger partial charge in [-0.15, -0.1) is 0 Å². The zero-order valence-corrected chi connectivity index (χ0v) is 18.0. The Morgan fingerprint density at radius 2 is 1.68 bits per heavy atom. The Morgan fingerprint density at radius 3 is 2.32 bits per heavy atom. The summed E-state index contributed by atoms with van der Waals surface area (Å²) in [5.41, 5.74) is 2.33. The fourth-order valence-electron chi connectivity index (χ4n) is 4.35. The van der Waals surface area contributed by atoms with Gasteiger partial charge in [-0.2, -0.15) is 0 Å². The van der Waals surface area contributed by atoms with Gasteiger partial charge in [-0.05, 0) is 50.9 Å². The average molecular weight is 401 g/mol. The van der Waals surface area contributed by atoms with Crippen LogP contribution in [0.3, 0.4) is 0 Å². The van der Waals surface area contributed by atoms with E-state index in [1.165, 1.54) is 5.56 Å². The number of rotatable bonds is 7.